The molecule has 4 nitrogen and oxygen atoms in total. The summed E-state index contributed by atoms with van der Waals surface area (Å²) in [4.78, 5) is 10.5. The summed E-state index contributed by atoms with van der Waals surface area (Å²) in [5.74, 6) is 2.06. The molecule has 4 heteroatoms. The number of rotatable bonds is 3. The molecule has 86 valence electrons. The van der Waals surface area contributed by atoms with Gasteiger partial charge < -0.3 is 5.73 Å². The van der Waals surface area contributed by atoms with Gasteiger partial charge in [-0.05, 0) is 43.9 Å². The maximum Gasteiger partial charge on any atom is 0.332 e. The maximum atomic E-state index is 10.5. The summed E-state index contributed by atoms with van der Waals surface area (Å²) >= 11 is 0. The van der Waals surface area contributed by atoms with E-state index >= 15 is 0 Å². The quantitative estimate of drug-likeness (QED) is 0.545. The Morgan fingerprint density at radius 3 is 2.60 bits per heavy atom. The van der Waals surface area contributed by atoms with Crippen LogP contribution < -0.4 is 11.2 Å². The van der Waals surface area contributed by atoms with Gasteiger partial charge >= 0.3 is 6.03 Å². The Hall–Kier alpha value is -1.06. The number of primary amides is 1. The van der Waals surface area contributed by atoms with Crippen molar-refractivity contribution in [3.8, 4) is 0 Å². The first-order chi connectivity index (χ1) is 7.00. The second-order valence-electron chi connectivity index (χ2n) is 4.74. The first-order valence-electron chi connectivity index (χ1n) is 5.60. The lowest BCUT2D eigenvalue weighted by Crippen LogP contribution is -2.26. The number of amides is 2. The highest BCUT2D eigenvalue weighted by Gasteiger charge is 2.28. The van der Waals surface area contributed by atoms with Gasteiger partial charge in [0, 0.05) is 5.71 Å². The van der Waals surface area contributed by atoms with Crippen LogP contribution >= 0.6 is 0 Å². The van der Waals surface area contributed by atoms with E-state index in [0.717, 1.165) is 17.5 Å². The van der Waals surface area contributed by atoms with Crippen LogP contribution in [-0.2, 0) is 0 Å². The normalized spacial score (nSPS) is 27.1. The van der Waals surface area contributed by atoms with Crippen LogP contribution in [0.3, 0.4) is 0 Å². The fourth-order valence-corrected chi connectivity index (χ4v) is 2.24. The summed E-state index contributed by atoms with van der Waals surface area (Å²) in [5, 5.41) is 3.99. The van der Waals surface area contributed by atoms with E-state index in [-0.39, 0.29) is 0 Å². The molecule has 2 atom stereocenters. The molecule has 0 heterocycles. The summed E-state index contributed by atoms with van der Waals surface area (Å²) in [6.45, 7) is 6.49. The van der Waals surface area contributed by atoms with Crippen molar-refractivity contribution in [1.29, 1.82) is 0 Å². The highest BCUT2D eigenvalue weighted by Crippen LogP contribution is 2.36. The average Bonchev–Trinajstić information content (AvgIpc) is 2.62. The van der Waals surface area contributed by atoms with Crippen molar-refractivity contribution >= 4 is 11.7 Å². The number of hydrazone groups is 1. The Morgan fingerprint density at radius 2 is 2.13 bits per heavy atom. The van der Waals surface area contributed by atoms with Crippen LogP contribution in [0.25, 0.3) is 0 Å². The van der Waals surface area contributed by atoms with Gasteiger partial charge in [-0.3, -0.25) is 0 Å². The first-order valence-corrected chi connectivity index (χ1v) is 5.60. The second-order valence-corrected chi connectivity index (χ2v) is 4.74. The van der Waals surface area contributed by atoms with Gasteiger partial charge in [0.05, 0.1) is 0 Å². The van der Waals surface area contributed by atoms with E-state index in [1.807, 2.05) is 6.92 Å². The van der Waals surface area contributed by atoms with E-state index in [0.29, 0.717) is 5.92 Å². The van der Waals surface area contributed by atoms with E-state index < -0.39 is 6.03 Å². The zero-order valence-corrected chi connectivity index (χ0v) is 9.79. The minimum absolute atomic E-state index is 0.518. The lowest BCUT2D eigenvalue weighted by atomic mass is 9.92. The number of carbonyl (C=O) groups excluding carboxylic acids is 1. The number of urea groups is 1. The molecule has 2 amide bonds. The Kier molecular flexibility index (Phi) is 4.12. The molecule has 0 radical (unpaired) electrons. The monoisotopic (exact) mass is 211 g/mol. The summed E-state index contributed by atoms with van der Waals surface area (Å²) < 4.78 is 0. The minimum atomic E-state index is -0.590. The molecule has 0 spiro atoms. The van der Waals surface area contributed by atoms with E-state index in [1.165, 1.54) is 19.3 Å². The highest BCUT2D eigenvalue weighted by molar-refractivity contribution is 5.86. The van der Waals surface area contributed by atoms with E-state index in [1.54, 1.807) is 0 Å². The molecule has 1 rings (SSSR count). The number of nitrogens with one attached hydrogen (secondary N) is 1. The van der Waals surface area contributed by atoms with Gasteiger partial charge in [-0.15, -0.1) is 0 Å². The smallest absolute Gasteiger partial charge is 0.332 e. The fourth-order valence-electron chi connectivity index (χ4n) is 2.24. The molecule has 0 aliphatic heterocycles. The SMILES string of the molecule is CC(=NNC(N)=O)C1CCC(C(C)C)C1. The number of hydrogen-bond acceptors (Lipinski definition) is 2. The summed E-state index contributed by atoms with van der Waals surface area (Å²) in [6.07, 6.45) is 3.64. The number of hydrogen-bond donors (Lipinski definition) is 2. The molecule has 1 fully saturated rings. The molecule has 2 unspecified atom stereocenters. The minimum Gasteiger partial charge on any atom is -0.350 e. The Balaban J connectivity index is 2.46. The standard InChI is InChI=1S/C11H21N3O/c1-7(2)9-4-5-10(6-9)8(3)13-14-11(12)15/h7,9-10H,4-6H2,1-3H3,(H3,12,14,15). The van der Waals surface area contributed by atoms with E-state index in [9.17, 15) is 4.79 Å². The van der Waals surface area contributed by atoms with Crippen LogP contribution in [0, 0.1) is 17.8 Å². The van der Waals surface area contributed by atoms with Crippen LogP contribution in [0.4, 0.5) is 4.79 Å². The van der Waals surface area contributed by atoms with Gasteiger partial charge in [0.1, 0.15) is 0 Å². The molecule has 1 saturated carbocycles. The lowest BCUT2D eigenvalue weighted by molar-refractivity contribution is 0.249. The number of nitrogens with two attached hydrogens (primary N) is 1. The average molecular weight is 211 g/mol. The van der Waals surface area contributed by atoms with Crippen LogP contribution in [0.1, 0.15) is 40.0 Å². The number of nitrogens with zero attached hydrogens (tertiary/aromatic N) is 1. The van der Waals surface area contributed by atoms with Gasteiger partial charge in [0.25, 0.3) is 0 Å². The molecular weight excluding hydrogens is 190 g/mol. The molecule has 0 aromatic carbocycles. The lowest BCUT2D eigenvalue weighted by Gasteiger charge is -2.14. The van der Waals surface area contributed by atoms with Gasteiger partial charge in [-0.2, -0.15) is 5.10 Å². The predicted octanol–water partition coefficient (Wildman–Crippen LogP) is 2.10. The zero-order valence-electron chi connectivity index (χ0n) is 9.79. The summed E-state index contributed by atoms with van der Waals surface area (Å²) in [7, 11) is 0. The summed E-state index contributed by atoms with van der Waals surface area (Å²) in [5.41, 5.74) is 8.25. The molecule has 0 aromatic rings. The van der Waals surface area contributed by atoms with E-state index in [2.05, 4.69) is 24.4 Å². The first kappa shape index (κ1) is 12.0. The molecular formula is C11H21N3O. The van der Waals surface area contributed by atoms with Crippen molar-refractivity contribution in [3.63, 3.8) is 0 Å². The van der Waals surface area contributed by atoms with Gasteiger partial charge in [-0.1, -0.05) is 13.8 Å². The van der Waals surface area contributed by atoms with Crippen LogP contribution in [0.5, 0.6) is 0 Å². The summed E-state index contributed by atoms with van der Waals surface area (Å²) in [6, 6.07) is -0.590. The molecule has 15 heavy (non-hydrogen) atoms. The third-order valence-electron chi connectivity index (χ3n) is 3.35. The Bertz CT molecular complexity index is 261. The fraction of sp³-hybridized carbons (Fsp3) is 0.818. The Labute approximate surface area is 91.3 Å². The van der Waals surface area contributed by atoms with Crippen LogP contribution in [0.2, 0.25) is 0 Å². The molecule has 0 saturated heterocycles. The molecule has 3 N–H and O–H groups in total. The van der Waals surface area contributed by atoms with Gasteiger partial charge in [-0.25, -0.2) is 10.2 Å². The highest BCUT2D eigenvalue weighted by atomic mass is 16.2. The maximum absolute atomic E-state index is 10.5. The van der Waals surface area contributed by atoms with Gasteiger partial charge in [0.15, 0.2) is 0 Å². The predicted molar refractivity (Wildman–Crippen MR) is 61.5 cm³/mol. The van der Waals surface area contributed by atoms with Crippen molar-refractivity contribution in [2.45, 2.75) is 40.0 Å². The van der Waals surface area contributed by atoms with Crippen molar-refractivity contribution in [3.05, 3.63) is 0 Å². The van der Waals surface area contributed by atoms with Crippen molar-refractivity contribution < 1.29 is 4.79 Å². The molecule has 1 aliphatic rings. The topological polar surface area (TPSA) is 67.5 Å². The van der Waals surface area contributed by atoms with E-state index in [4.69, 9.17) is 5.73 Å². The van der Waals surface area contributed by atoms with Gasteiger partial charge in [0.2, 0.25) is 0 Å². The zero-order chi connectivity index (χ0) is 11.4. The molecule has 0 aromatic heterocycles. The van der Waals surface area contributed by atoms with Crippen molar-refractivity contribution in [1.82, 2.24) is 5.43 Å². The second kappa shape index (κ2) is 5.14. The third kappa shape index (κ3) is 3.53. The molecule has 1 aliphatic carbocycles. The van der Waals surface area contributed by atoms with Crippen LogP contribution in [0.15, 0.2) is 5.10 Å². The molecule has 0 bridgehead atoms. The number of carbonyl (C=O) groups is 1. The largest absolute Gasteiger partial charge is 0.350 e. The van der Waals surface area contributed by atoms with Crippen molar-refractivity contribution in [2.75, 3.05) is 0 Å². The van der Waals surface area contributed by atoms with Crippen molar-refractivity contribution in [2.24, 2.45) is 28.6 Å². The third-order valence-corrected chi connectivity index (χ3v) is 3.35. The Morgan fingerprint density at radius 1 is 1.47 bits per heavy atom. The van der Waals surface area contributed by atoms with Crippen LogP contribution in [-0.4, -0.2) is 11.7 Å².